The average Bonchev–Trinajstić information content (AvgIpc) is 0.748. The van der Waals surface area contributed by atoms with Crippen molar-refractivity contribution >= 4 is 50.7 Å². The molecule has 624 valence electrons. The minimum atomic E-state index is -5.21. The molecule has 2 amide bonds. The number of likely N-dealkylation sites (tertiary alicyclic amines) is 2. The Balaban J connectivity index is 0.000000735. The molecule has 2 aliphatic rings. The number of rotatable bonds is 29. The van der Waals surface area contributed by atoms with Crippen molar-refractivity contribution in [2.75, 3.05) is 73.3 Å². The number of benzene rings is 4. The van der Waals surface area contributed by atoms with Crippen LogP contribution in [0.2, 0.25) is 0 Å². The second-order valence-electron chi connectivity index (χ2n) is 28.8. The van der Waals surface area contributed by atoms with Crippen molar-refractivity contribution in [2.45, 2.75) is 164 Å². The fourth-order valence-corrected chi connectivity index (χ4v) is 14.0. The molecule has 2 aromatic heterocycles. The van der Waals surface area contributed by atoms with Gasteiger partial charge in [-0.05, 0) is 177 Å². The van der Waals surface area contributed by atoms with Gasteiger partial charge >= 0.3 is 55.5 Å². The second kappa shape index (κ2) is 42.6. The van der Waals surface area contributed by atoms with Gasteiger partial charge in [-0.3, -0.25) is 28.8 Å². The van der Waals surface area contributed by atoms with Gasteiger partial charge in [0.05, 0.1) is 67.0 Å². The zero-order chi connectivity index (χ0) is 80.6. The predicted octanol–water partition coefficient (Wildman–Crippen LogP) is 12.7. The number of halogens is 14. The maximum atomic E-state index is 16.1. The Morgan fingerprint density at radius 3 is 1.15 bits per heavy atom. The fourth-order valence-electron chi connectivity index (χ4n) is 14.0. The number of hydrogen-bond donors (Lipinski definition) is 3. The zero-order valence-electron chi connectivity index (χ0n) is 65.2. The average molecular weight is 1650 g/mol. The maximum Gasteiger partial charge on any atom is 1.00 e. The van der Waals surface area contributed by atoms with Crippen molar-refractivity contribution in [1.82, 2.24) is 29.6 Å². The second-order valence-corrected chi connectivity index (χ2v) is 28.8. The van der Waals surface area contributed by atoms with Crippen LogP contribution in [0.5, 0.6) is 0 Å². The van der Waals surface area contributed by atoms with Crippen molar-refractivity contribution in [1.29, 1.82) is 0 Å². The van der Waals surface area contributed by atoms with E-state index in [1.54, 1.807) is 108 Å². The molecule has 8 rings (SSSR count). The number of carboxylic acids is 1. The van der Waals surface area contributed by atoms with Crippen LogP contribution >= 0.6 is 27.0 Å². The zero-order valence-corrected chi connectivity index (χ0v) is 67.2. The van der Waals surface area contributed by atoms with E-state index in [0.717, 1.165) is 44.8 Å². The molecule has 2 unspecified atom stereocenters. The molecule has 35 heteroatoms. The van der Waals surface area contributed by atoms with Gasteiger partial charge in [0.2, 0.25) is 11.8 Å². The SMILES string of the molecule is CCOC(=O)C[C@H](NC(=O)C(CC(C)C)n1cc(CCN2CC(COC)C2)c(C(F)(F)F)cc1=O)c1cc(-c2c(C)ccc(C)c2C)cc(C(F)(F)F)c1F.COCC1CN(CCc2cn(C(CC(C)C)C(=O)N[C@@H](CC(=O)O)c3cc(-c4c(C)ccc(C)c4C)cc(C(F)(F)F)c3F)c(=O)cc2C(F)(F)F)C1.S.S.[Li+].[OH-].[OH-]. The molecule has 0 spiro atoms. The van der Waals surface area contributed by atoms with Gasteiger partial charge in [0.1, 0.15) is 23.7 Å². The Kier molecular flexibility index (Phi) is 38.3. The Morgan fingerprint density at radius 2 is 0.850 bits per heavy atom. The van der Waals surface area contributed by atoms with Gasteiger partial charge < -0.3 is 59.8 Å². The first-order chi connectivity index (χ1) is 50.3. The first-order valence-corrected chi connectivity index (χ1v) is 35.3. The quantitative estimate of drug-likeness (QED) is 0.0224. The number of carbonyl (C=O) groups excluding carboxylic acids is 3. The van der Waals surface area contributed by atoms with E-state index in [9.17, 15) is 86.6 Å². The molecule has 4 heterocycles. The summed E-state index contributed by atoms with van der Waals surface area (Å²) in [7, 11) is 3.11. The van der Waals surface area contributed by atoms with Gasteiger partial charge in [-0.1, -0.05) is 52.0 Å². The number of carboxylic acid groups (broad SMARTS) is 1. The standard InChI is InChI=1S/C40H48F7N3O5.C38H44F7N3O5.Li.2H2O.2H2S/c1-8-55-35(52)17-32(29-14-28(15-31(37(29)41)40(45,46)47)36-24(5)10-9-23(4)25(36)6)48-38(53)33(13-22(2)3)50-20-27(30(16-34(50)51)39(42,43)44)11-12-49-18-26(19-49)21-54-7;1-20(2)11-31(48-18-25(28(14-32(48)49)37(40,41)42)9-10-47-16-24(17-47)19-53-6)36(52)46-30(15-33(50)51)27-12-26(13-29(35(27)39)38(43,44)45)34-22(4)8-7-21(3)23(34)5;;;;;/h9-10,14-16,20,22,26,32-33H,8,11-13,17-19,21H2,1-7H3,(H,48,53);7-8,12-14,18,20,24,30-31H,9-11,15-17,19H2,1-6H3,(H,46,52)(H,50,51);;4*1H2/q;;+1;;;;/p-2/t32-,33?;30-,31?;;;;;/m00...../s1. The summed E-state index contributed by atoms with van der Waals surface area (Å²) in [5.41, 5.74) is -5.22. The number of aromatic nitrogens is 2. The molecule has 0 aliphatic carbocycles. The van der Waals surface area contributed by atoms with E-state index in [4.69, 9.17) is 14.2 Å². The number of aryl methyl sites for hydroxylation is 4. The summed E-state index contributed by atoms with van der Waals surface area (Å²) < 4.78 is 220. The largest absolute Gasteiger partial charge is 1.00 e. The number of carbonyl (C=O) groups is 4. The van der Waals surface area contributed by atoms with Crippen molar-refractivity contribution in [2.24, 2.45) is 23.7 Å². The van der Waals surface area contributed by atoms with Crippen LogP contribution in [-0.2, 0) is 70.9 Å². The molecular formula is C78H98F14LiN6O12S2-. The number of aliphatic carboxylic acids is 1. The number of hydrogen-bond acceptors (Lipinski definition) is 13. The van der Waals surface area contributed by atoms with Gasteiger partial charge in [0.25, 0.3) is 11.1 Å². The topological polar surface area (TPSA) is 251 Å². The van der Waals surface area contributed by atoms with Crippen molar-refractivity contribution in [3.05, 3.63) is 183 Å². The number of amides is 2. The first kappa shape index (κ1) is 102. The molecular weight excluding hydrogens is 1550 g/mol. The van der Waals surface area contributed by atoms with Crippen molar-refractivity contribution < 1.29 is 130 Å². The Bertz CT molecular complexity index is 4370. The molecule has 2 fully saturated rings. The number of pyridine rings is 2. The summed E-state index contributed by atoms with van der Waals surface area (Å²) in [5.74, 6) is -8.32. The molecule has 4 atom stereocenters. The summed E-state index contributed by atoms with van der Waals surface area (Å²) in [6, 6.07) is 4.71. The number of ether oxygens (including phenoxy) is 3. The Hall–Kier alpha value is -7.26. The summed E-state index contributed by atoms with van der Waals surface area (Å²) >= 11 is 0. The van der Waals surface area contributed by atoms with Crippen molar-refractivity contribution in [3.63, 3.8) is 0 Å². The molecule has 0 bridgehead atoms. The van der Waals surface area contributed by atoms with Crippen LogP contribution in [0.3, 0.4) is 0 Å². The van der Waals surface area contributed by atoms with Crippen LogP contribution in [0.25, 0.3) is 22.3 Å². The predicted molar refractivity (Wildman–Crippen MR) is 401 cm³/mol. The molecule has 2 aliphatic heterocycles. The van der Waals surface area contributed by atoms with Gasteiger partial charge in [-0.15, -0.1) is 0 Å². The molecule has 0 saturated carbocycles. The molecule has 5 N–H and O–H groups in total. The van der Waals surface area contributed by atoms with Gasteiger partial charge in [0.15, 0.2) is 0 Å². The smallest absolute Gasteiger partial charge is 0.870 e. The van der Waals surface area contributed by atoms with E-state index in [1.165, 1.54) is 6.92 Å². The third-order valence-electron chi connectivity index (χ3n) is 19.6. The minimum absolute atomic E-state index is 0. The molecule has 18 nitrogen and oxygen atoms in total. The molecule has 6 aromatic rings. The number of nitrogens with one attached hydrogen (secondary N) is 2. The molecule has 4 aromatic carbocycles. The number of methoxy groups -OCH3 is 2. The number of esters is 1. The molecule has 113 heavy (non-hydrogen) atoms. The van der Waals surface area contributed by atoms with Crippen LogP contribution in [-0.4, -0.2) is 132 Å². The number of nitrogens with zero attached hydrogens (tertiary/aromatic N) is 4. The van der Waals surface area contributed by atoms with Gasteiger partial charge in [-0.25, -0.2) is 8.78 Å². The van der Waals surface area contributed by atoms with E-state index in [0.29, 0.717) is 97.0 Å². The first-order valence-electron chi connectivity index (χ1n) is 35.3. The van der Waals surface area contributed by atoms with E-state index < -0.39 is 142 Å². The minimum Gasteiger partial charge on any atom is -0.870 e. The van der Waals surface area contributed by atoms with E-state index >= 15 is 8.78 Å². The van der Waals surface area contributed by atoms with Gasteiger partial charge in [0, 0.05) is 101 Å². The van der Waals surface area contributed by atoms with Crippen LogP contribution in [0.1, 0.15) is 162 Å². The third kappa shape index (κ3) is 26.1. The van der Waals surface area contributed by atoms with E-state index in [1.807, 2.05) is 9.80 Å². The maximum absolute atomic E-state index is 16.1. The van der Waals surface area contributed by atoms with Crippen LogP contribution in [0.15, 0.2) is 82.6 Å². The van der Waals surface area contributed by atoms with Crippen LogP contribution < -0.4 is 40.6 Å². The Labute approximate surface area is 672 Å². The van der Waals surface area contributed by atoms with E-state index in [-0.39, 0.29) is 148 Å². The van der Waals surface area contributed by atoms with Crippen LogP contribution in [0, 0.1) is 76.8 Å². The summed E-state index contributed by atoms with van der Waals surface area (Å²) in [6.07, 6.45) is -20.5. The monoisotopic (exact) mass is 1650 g/mol. The Morgan fingerprint density at radius 1 is 0.522 bits per heavy atom. The third-order valence-corrected chi connectivity index (χ3v) is 19.6. The summed E-state index contributed by atoms with van der Waals surface area (Å²) in [5, 5.41) is 14.6. The van der Waals surface area contributed by atoms with Gasteiger partial charge in [-0.2, -0.15) is 79.7 Å². The normalized spacial score (nSPS) is 14.6. The molecule has 2 saturated heterocycles. The molecule has 0 radical (unpaired) electrons. The van der Waals surface area contributed by atoms with Crippen molar-refractivity contribution in [3.8, 4) is 22.3 Å². The van der Waals surface area contributed by atoms with E-state index in [2.05, 4.69) is 10.6 Å². The fraction of sp³-hybridized carbons (Fsp3) is 0.513. The summed E-state index contributed by atoms with van der Waals surface area (Å²) in [4.78, 5) is 83.8. The summed E-state index contributed by atoms with van der Waals surface area (Å²) in [6.45, 7) is 22.3. The van der Waals surface area contributed by atoms with Crippen LogP contribution in [0.4, 0.5) is 61.5 Å². The number of alkyl halides is 12.